The number of hydrogen-bond acceptors (Lipinski definition) is 4. The van der Waals surface area contributed by atoms with Gasteiger partial charge in [-0.1, -0.05) is 18.9 Å². The van der Waals surface area contributed by atoms with Gasteiger partial charge in [-0.15, -0.1) is 11.3 Å². The van der Waals surface area contributed by atoms with Crippen LogP contribution in [0.4, 0.5) is 0 Å². The summed E-state index contributed by atoms with van der Waals surface area (Å²) in [5.41, 5.74) is -0.333. The number of fused-ring (bicyclic) bond motifs is 3. The summed E-state index contributed by atoms with van der Waals surface area (Å²) in [5, 5.41) is 2.08. The van der Waals surface area contributed by atoms with Crippen LogP contribution >= 0.6 is 11.3 Å². The molecule has 5 rings (SSSR count). The van der Waals surface area contributed by atoms with Crippen molar-refractivity contribution >= 4 is 17.3 Å². The van der Waals surface area contributed by atoms with Crippen LogP contribution in [0.1, 0.15) is 43.4 Å². The smallest absolute Gasteiger partial charge is 0.317 e. The van der Waals surface area contributed by atoms with Crippen LogP contribution in [0, 0.1) is 5.92 Å². The van der Waals surface area contributed by atoms with Gasteiger partial charge in [-0.3, -0.25) is 9.69 Å². The van der Waals surface area contributed by atoms with Crippen LogP contribution in [-0.2, 0) is 14.9 Å². The second kappa shape index (κ2) is 5.40. The van der Waals surface area contributed by atoms with Crippen molar-refractivity contribution in [3.05, 3.63) is 22.4 Å². The van der Waals surface area contributed by atoms with Gasteiger partial charge in [-0.05, 0) is 56.1 Å². The molecule has 21 heavy (non-hydrogen) atoms. The molecule has 3 nitrogen and oxygen atoms in total. The van der Waals surface area contributed by atoms with E-state index in [1.165, 1.54) is 30.8 Å². The van der Waals surface area contributed by atoms with Gasteiger partial charge >= 0.3 is 5.97 Å². The Balaban J connectivity index is 1.53. The largest absolute Gasteiger partial charge is 0.460 e. The van der Waals surface area contributed by atoms with Crippen molar-refractivity contribution < 1.29 is 9.53 Å². The molecular weight excluding hydrogens is 282 g/mol. The van der Waals surface area contributed by atoms with Crippen LogP contribution < -0.4 is 0 Å². The van der Waals surface area contributed by atoms with Crippen molar-refractivity contribution in [2.45, 2.75) is 50.0 Å². The van der Waals surface area contributed by atoms with Gasteiger partial charge in [0.1, 0.15) is 11.5 Å². The van der Waals surface area contributed by atoms with Crippen molar-refractivity contribution in [1.82, 2.24) is 4.90 Å². The molecule has 0 amide bonds. The summed E-state index contributed by atoms with van der Waals surface area (Å²) in [6.45, 7) is 3.33. The number of hydrogen-bond donors (Lipinski definition) is 0. The molecule has 1 unspecified atom stereocenters. The molecule has 1 aliphatic carbocycles. The van der Waals surface area contributed by atoms with Crippen LogP contribution in [0.5, 0.6) is 0 Å². The summed E-state index contributed by atoms with van der Waals surface area (Å²) in [7, 11) is 0. The molecule has 0 N–H and O–H groups in total. The Morgan fingerprint density at radius 2 is 2.05 bits per heavy atom. The summed E-state index contributed by atoms with van der Waals surface area (Å²) in [6, 6.07) is 4.18. The van der Waals surface area contributed by atoms with Gasteiger partial charge in [-0.25, -0.2) is 0 Å². The molecule has 2 bridgehead atoms. The van der Waals surface area contributed by atoms with Crippen LogP contribution in [0.3, 0.4) is 0 Å². The van der Waals surface area contributed by atoms with Gasteiger partial charge in [0.15, 0.2) is 0 Å². The first-order valence-corrected chi connectivity index (χ1v) is 9.13. The van der Waals surface area contributed by atoms with Crippen molar-refractivity contribution in [3.63, 3.8) is 0 Å². The molecule has 1 saturated carbocycles. The molecule has 4 fully saturated rings. The molecule has 3 aliphatic heterocycles. The zero-order chi connectivity index (χ0) is 14.3. The van der Waals surface area contributed by atoms with Crippen LogP contribution in [0.25, 0.3) is 0 Å². The quantitative estimate of drug-likeness (QED) is 0.803. The lowest BCUT2D eigenvalue weighted by atomic mass is 9.83. The Labute approximate surface area is 130 Å². The molecule has 3 saturated heterocycles. The first kappa shape index (κ1) is 13.8. The minimum Gasteiger partial charge on any atom is -0.460 e. The Bertz CT molecular complexity index is 499. The lowest BCUT2D eigenvalue weighted by Gasteiger charge is -2.44. The fraction of sp³-hybridized carbons (Fsp3) is 0.706. The Hall–Kier alpha value is -0.870. The van der Waals surface area contributed by atoms with Gasteiger partial charge < -0.3 is 4.74 Å². The van der Waals surface area contributed by atoms with E-state index in [0.29, 0.717) is 5.92 Å². The summed E-state index contributed by atoms with van der Waals surface area (Å²) in [6.07, 6.45) is 6.76. The van der Waals surface area contributed by atoms with Gasteiger partial charge in [0, 0.05) is 11.4 Å². The average molecular weight is 305 g/mol. The minimum absolute atomic E-state index is 0.0567. The molecule has 0 spiro atoms. The lowest BCUT2D eigenvalue weighted by Crippen LogP contribution is -2.53. The number of carbonyl (C=O) groups excluding carboxylic acids is 1. The maximum absolute atomic E-state index is 13.0. The van der Waals surface area contributed by atoms with E-state index in [9.17, 15) is 4.79 Å². The fourth-order valence-corrected chi connectivity index (χ4v) is 5.35. The van der Waals surface area contributed by atoms with E-state index in [1.807, 2.05) is 0 Å². The highest BCUT2D eigenvalue weighted by Gasteiger charge is 2.47. The standard InChI is InChI=1S/C17H23NO2S/c19-16(20-14-12-18-9-5-13(14)6-10-18)17(7-1-2-8-17)15-4-3-11-21-15/h3-4,11,13-14H,1-2,5-10,12H2. The number of carbonyl (C=O) groups is 1. The number of thiophene rings is 1. The summed E-state index contributed by atoms with van der Waals surface area (Å²) < 4.78 is 6.06. The fourth-order valence-electron chi connectivity index (χ4n) is 4.38. The van der Waals surface area contributed by atoms with E-state index in [4.69, 9.17) is 4.74 Å². The first-order valence-electron chi connectivity index (χ1n) is 8.25. The Morgan fingerprint density at radius 3 is 2.62 bits per heavy atom. The molecule has 0 radical (unpaired) electrons. The highest BCUT2D eigenvalue weighted by atomic mass is 32.1. The maximum atomic E-state index is 13.0. The molecule has 1 atom stereocenters. The first-order chi connectivity index (χ1) is 10.3. The van der Waals surface area contributed by atoms with Crippen molar-refractivity contribution in [2.24, 2.45) is 5.92 Å². The molecule has 1 aromatic rings. The summed E-state index contributed by atoms with van der Waals surface area (Å²) >= 11 is 1.71. The zero-order valence-corrected chi connectivity index (χ0v) is 13.2. The molecular formula is C17H23NO2S. The number of esters is 1. The van der Waals surface area contributed by atoms with Crippen molar-refractivity contribution in [1.29, 1.82) is 0 Å². The predicted molar refractivity (Wildman–Crippen MR) is 83.5 cm³/mol. The van der Waals surface area contributed by atoms with E-state index in [0.717, 1.165) is 32.2 Å². The van der Waals surface area contributed by atoms with E-state index >= 15 is 0 Å². The SMILES string of the molecule is O=C(OC1CN2CCC1CC2)C1(c2cccs2)CCCC1. The maximum Gasteiger partial charge on any atom is 0.317 e. The molecule has 4 heteroatoms. The number of rotatable bonds is 3. The Morgan fingerprint density at radius 1 is 1.29 bits per heavy atom. The van der Waals surface area contributed by atoms with Crippen LogP contribution in [0.2, 0.25) is 0 Å². The van der Waals surface area contributed by atoms with Gasteiger partial charge in [0.05, 0.1) is 0 Å². The molecule has 0 aromatic carbocycles. The molecule has 114 valence electrons. The van der Waals surface area contributed by atoms with Gasteiger partial charge in [0.2, 0.25) is 0 Å². The third kappa shape index (κ3) is 2.33. The topological polar surface area (TPSA) is 29.5 Å². The minimum atomic E-state index is -0.333. The summed E-state index contributed by atoms with van der Waals surface area (Å²) in [5.74, 6) is 0.655. The lowest BCUT2D eigenvalue weighted by molar-refractivity contribution is -0.165. The van der Waals surface area contributed by atoms with Crippen molar-refractivity contribution in [3.8, 4) is 0 Å². The van der Waals surface area contributed by atoms with E-state index in [2.05, 4.69) is 22.4 Å². The van der Waals surface area contributed by atoms with E-state index < -0.39 is 0 Å². The molecule has 4 heterocycles. The van der Waals surface area contributed by atoms with Crippen molar-refractivity contribution in [2.75, 3.05) is 19.6 Å². The van der Waals surface area contributed by atoms with Gasteiger partial charge in [-0.2, -0.15) is 0 Å². The predicted octanol–water partition coefficient (Wildman–Crippen LogP) is 3.20. The number of ether oxygens (including phenoxy) is 1. The van der Waals surface area contributed by atoms with E-state index in [-0.39, 0.29) is 17.5 Å². The zero-order valence-electron chi connectivity index (χ0n) is 12.4. The normalized spacial score (nSPS) is 34.0. The second-order valence-corrected chi connectivity index (χ2v) is 7.80. The number of piperidine rings is 3. The highest BCUT2D eigenvalue weighted by Crippen LogP contribution is 2.45. The average Bonchev–Trinajstić information content (AvgIpc) is 3.20. The third-order valence-corrected chi connectivity index (χ3v) is 6.77. The highest BCUT2D eigenvalue weighted by molar-refractivity contribution is 7.10. The monoisotopic (exact) mass is 305 g/mol. The third-order valence-electron chi connectivity index (χ3n) is 5.70. The van der Waals surface area contributed by atoms with Gasteiger partial charge in [0.25, 0.3) is 0 Å². The van der Waals surface area contributed by atoms with Crippen LogP contribution in [-0.4, -0.2) is 36.6 Å². The number of nitrogens with zero attached hydrogens (tertiary/aromatic N) is 1. The van der Waals surface area contributed by atoms with Crippen LogP contribution in [0.15, 0.2) is 17.5 Å². The van der Waals surface area contributed by atoms with E-state index in [1.54, 1.807) is 11.3 Å². The summed E-state index contributed by atoms with van der Waals surface area (Å²) in [4.78, 5) is 16.6. The Kier molecular flexibility index (Phi) is 3.54. The molecule has 1 aromatic heterocycles. The molecule has 4 aliphatic rings. The second-order valence-electron chi connectivity index (χ2n) is 6.85.